The molecule has 9 heteroatoms. The van der Waals surface area contributed by atoms with Crippen molar-refractivity contribution in [3.8, 4) is 5.69 Å². The van der Waals surface area contributed by atoms with Gasteiger partial charge in [-0.3, -0.25) is 14.3 Å². The van der Waals surface area contributed by atoms with Gasteiger partial charge in [-0.1, -0.05) is 11.8 Å². The number of benzene rings is 2. The minimum atomic E-state index is -0.368. The number of nitrogens with one attached hydrogen (secondary N) is 1. The van der Waals surface area contributed by atoms with Gasteiger partial charge in [-0.25, -0.2) is 8.78 Å². The molecule has 3 aromatic rings. The Morgan fingerprint density at radius 3 is 2.24 bits per heavy atom. The fraction of sp³-hybridized carbons (Fsp3) is 0.250. The van der Waals surface area contributed by atoms with Gasteiger partial charge in [0.05, 0.1) is 11.8 Å². The maximum absolute atomic E-state index is 13.4. The summed E-state index contributed by atoms with van der Waals surface area (Å²) in [5, 5.41) is 11.8. The van der Waals surface area contributed by atoms with Gasteiger partial charge in [0.15, 0.2) is 11.0 Å². The topological polar surface area (TPSA) is 63.1 Å². The molecule has 0 bridgehead atoms. The van der Waals surface area contributed by atoms with Crippen molar-refractivity contribution in [3.05, 3.63) is 66.0 Å². The number of hydrogen-bond donors (Lipinski definition) is 1. The van der Waals surface area contributed by atoms with E-state index in [1.165, 1.54) is 48.2 Å². The van der Waals surface area contributed by atoms with Crippen LogP contribution in [0.1, 0.15) is 18.8 Å². The van der Waals surface area contributed by atoms with Crippen LogP contribution in [0, 0.1) is 11.6 Å². The molecule has 6 nitrogen and oxygen atoms in total. The summed E-state index contributed by atoms with van der Waals surface area (Å²) < 4.78 is 28.2. The van der Waals surface area contributed by atoms with E-state index >= 15 is 0 Å². The van der Waals surface area contributed by atoms with Crippen LogP contribution in [0.3, 0.4) is 0 Å². The molecule has 2 aromatic carbocycles. The zero-order valence-electron chi connectivity index (χ0n) is 16.3. The monoisotopic (exact) mass is 417 g/mol. The highest BCUT2D eigenvalue weighted by Crippen LogP contribution is 2.27. The summed E-state index contributed by atoms with van der Waals surface area (Å²) in [6, 6.07) is 11.5. The number of carbonyl (C=O) groups excluding carboxylic acids is 1. The van der Waals surface area contributed by atoms with Crippen molar-refractivity contribution in [1.82, 2.24) is 19.7 Å². The van der Waals surface area contributed by atoms with Crippen molar-refractivity contribution >= 4 is 23.4 Å². The van der Waals surface area contributed by atoms with E-state index in [0.29, 0.717) is 22.4 Å². The standard InChI is InChI=1S/C20H21F2N5OS/c1-13(26(2)3)19-24-25-20(27(19)17-10-6-15(22)7-11-17)29-12-18(28)23-16-8-4-14(21)5-9-16/h4-11,13H,12H2,1-3H3,(H,23,28)/t13-/m1/s1. The third-order valence-corrected chi connectivity index (χ3v) is 5.28. The van der Waals surface area contributed by atoms with Gasteiger partial charge in [0.1, 0.15) is 11.6 Å². The maximum Gasteiger partial charge on any atom is 0.234 e. The Balaban J connectivity index is 1.80. The molecule has 0 radical (unpaired) electrons. The predicted molar refractivity (Wildman–Crippen MR) is 109 cm³/mol. The van der Waals surface area contributed by atoms with Gasteiger partial charge in [0, 0.05) is 11.4 Å². The Labute approximate surface area is 171 Å². The van der Waals surface area contributed by atoms with Crippen LogP contribution in [-0.4, -0.2) is 45.4 Å². The number of rotatable bonds is 7. The zero-order chi connectivity index (χ0) is 21.0. The smallest absolute Gasteiger partial charge is 0.234 e. The average Bonchev–Trinajstić information content (AvgIpc) is 3.12. The number of halogens is 2. The lowest BCUT2D eigenvalue weighted by Gasteiger charge is -2.20. The Morgan fingerprint density at radius 2 is 1.66 bits per heavy atom. The fourth-order valence-corrected chi connectivity index (χ4v) is 3.33. The van der Waals surface area contributed by atoms with Crippen LogP contribution >= 0.6 is 11.8 Å². The van der Waals surface area contributed by atoms with E-state index in [9.17, 15) is 13.6 Å². The summed E-state index contributed by atoms with van der Waals surface area (Å²) in [5.41, 5.74) is 1.22. The minimum absolute atomic E-state index is 0.0463. The van der Waals surface area contributed by atoms with Gasteiger partial charge in [-0.15, -0.1) is 10.2 Å². The molecule has 0 unspecified atom stereocenters. The first kappa shape index (κ1) is 20.9. The van der Waals surface area contributed by atoms with Crippen molar-refractivity contribution < 1.29 is 13.6 Å². The Kier molecular flexibility index (Phi) is 6.60. The molecular weight excluding hydrogens is 396 g/mol. The molecule has 0 saturated carbocycles. The quantitative estimate of drug-likeness (QED) is 0.591. The first-order chi connectivity index (χ1) is 13.8. The largest absolute Gasteiger partial charge is 0.325 e. The third kappa shape index (κ3) is 5.18. The molecule has 1 heterocycles. The summed E-state index contributed by atoms with van der Waals surface area (Å²) in [7, 11) is 3.86. The third-order valence-electron chi connectivity index (χ3n) is 4.35. The molecule has 1 aromatic heterocycles. The van der Waals surface area contributed by atoms with Gasteiger partial charge in [0.25, 0.3) is 0 Å². The van der Waals surface area contributed by atoms with Crippen molar-refractivity contribution in [2.45, 2.75) is 18.1 Å². The number of hydrogen-bond acceptors (Lipinski definition) is 5. The molecule has 0 aliphatic heterocycles. The molecule has 0 fully saturated rings. The number of nitrogens with zero attached hydrogens (tertiary/aromatic N) is 4. The van der Waals surface area contributed by atoms with Gasteiger partial charge in [-0.2, -0.15) is 0 Å². The zero-order valence-corrected chi connectivity index (χ0v) is 17.1. The Hall–Kier alpha value is -2.78. The molecule has 0 aliphatic carbocycles. The van der Waals surface area contributed by atoms with Crippen LogP contribution < -0.4 is 5.32 Å². The van der Waals surface area contributed by atoms with Crippen LogP contribution in [0.4, 0.5) is 14.5 Å². The highest BCUT2D eigenvalue weighted by molar-refractivity contribution is 7.99. The summed E-state index contributed by atoms with van der Waals surface area (Å²) in [5.74, 6) is -0.183. The van der Waals surface area contributed by atoms with Crippen LogP contribution in [0.15, 0.2) is 53.7 Å². The molecule has 0 saturated heterocycles. The van der Waals surface area contributed by atoms with Gasteiger partial charge in [-0.05, 0) is 69.6 Å². The van der Waals surface area contributed by atoms with E-state index in [1.807, 2.05) is 30.5 Å². The molecule has 1 amide bonds. The predicted octanol–water partition coefficient (Wildman–Crippen LogP) is 3.90. The van der Waals surface area contributed by atoms with E-state index < -0.39 is 0 Å². The second-order valence-corrected chi connectivity index (χ2v) is 7.58. The lowest BCUT2D eigenvalue weighted by Crippen LogP contribution is -2.21. The van der Waals surface area contributed by atoms with Crippen LogP contribution in [-0.2, 0) is 4.79 Å². The molecule has 1 atom stereocenters. The van der Waals surface area contributed by atoms with E-state index in [1.54, 1.807) is 12.1 Å². The summed E-state index contributed by atoms with van der Waals surface area (Å²) in [6.07, 6.45) is 0. The number of carbonyl (C=O) groups is 1. The van der Waals surface area contributed by atoms with Crippen LogP contribution in [0.2, 0.25) is 0 Å². The number of thioether (sulfide) groups is 1. The first-order valence-electron chi connectivity index (χ1n) is 8.91. The van der Waals surface area contributed by atoms with E-state index in [4.69, 9.17) is 0 Å². The highest BCUT2D eigenvalue weighted by Gasteiger charge is 2.21. The lowest BCUT2D eigenvalue weighted by molar-refractivity contribution is -0.113. The van der Waals surface area contributed by atoms with Crippen LogP contribution in [0.25, 0.3) is 5.69 Å². The van der Waals surface area contributed by atoms with E-state index in [0.717, 1.165) is 0 Å². The second-order valence-electron chi connectivity index (χ2n) is 6.64. The van der Waals surface area contributed by atoms with Crippen molar-refractivity contribution in [3.63, 3.8) is 0 Å². The summed E-state index contributed by atoms with van der Waals surface area (Å²) >= 11 is 1.22. The molecule has 0 spiro atoms. The second kappa shape index (κ2) is 9.15. The Bertz CT molecular complexity index is 974. The van der Waals surface area contributed by atoms with E-state index in [-0.39, 0.29) is 29.3 Å². The fourth-order valence-electron chi connectivity index (χ4n) is 2.57. The molecule has 1 N–H and O–H groups in total. The molecular formula is C20H21F2N5OS. The molecule has 29 heavy (non-hydrogen) atoms. The summed E-state index contributed by atoms with van der Waals surface area (Å²) in [4.78, 5) is 14.3. The normalized spacial score (nSPS) is 12.2. The number of anilines is 1. The van der Waals surface area contributed by atoms with Gasteiger partial charge >= 0.3 is 0 Å². The van der Waals surface area contributed by atoms with Gasteiger partial charge in [0.2, 0.25) is 5.91 Å². The van der Waals surface area contributed by atoms with Gasteiger partial charge < -0.3 is 5.32 Å². The van der Waals surface area contributed by atoms with Crippen molar-refractivity contribution in [2.24, 2.45) is 0 Å². The van der Waals surface area contributed by atoms with E-state index in [2.05, 4.69) is 15.5 Å². The molecule has 152 valence electrons. The van der Waals surface area contributed by atoms with Crippen LogP contribution in [0.5, 0.6) is 0 Å². The Morgan fingerprint density at radius 1 is 1.07 bits per heavy atom. The number of amides is 1. The first-order valence-corrected chi connectivity index (χ1v) is 9.89. The number of aromatic nitrogens is 3. The maximum atomic E-state index is 13.4. The summed E-state index contributed by atoms with van der Waals surface area (Å²) in [6.45, 7) is 1.99. The van der Waals surface area contributed by atoms with Crippen molar-refractivity contribution in [2.75, 3.05) is 25.2 Å². The average molecular weight is 417 g/mol. The van der Waals surface area contributed by atoms with Crippen molar-refractivity contribution in [1.29, 1.82) is 0 Å². The lowest BCUT2D eigenvalue weighted by atomic mass is 10.2. The molecule has 0 aliphatic rings. The highest BCUT2D eigenvalue weighted by atomic mass is 32.2. The SMILES string of the molecule is C[C@H](c1nnc(SCC(=O)Nc2ccc(F)cc2)n1-c1ccc(F)cc1)N(C)C. The minimum Gasteiger partial charge on any atom is -0.325 e. The molecule has 3 rings (SSSR count).